The van der Waals surface area contributed by atoms with Crippen LogP contribution in [0.5, 0.6) is 0 Å². The summed E-state index contributed by atoms with van der Waals surface area (Å²) in [4.78, 5) is 0. The molecule has 0 saturated heterocycles. The Morgan fingerprint density at radius 2 is 1.81 bits per heavy atom. The summed E-state index contributed by atoms with van der Waals surface area (Å²) in [5.41, 5.74) is 6.63. The molecule has 0 spiro atoms. The second-order valence-electron chi connectivity index (χ2n) is 6.08. The normalized spacial score (nSPS) is 28.3. The van der Waals surface area contributed by atoms with Gasteiger partial charge in [-0.15, -0.1) is 0 Å². The van der Waals surface area contributed by atoms with Crippen LogP contribution >= 0.6 is 0 Å². The lowest BCUT2D eigenvalue weighted by Crippen LogP contribution is -2.54. The molecule has 0 aromatic heterocycles. The fourth-order valence-electron chi connectivity index (χ4n) is 3.19. The highest BCUT2D eigenvalue weighted by Crippen LogP contribution is 2.41. The van der Waals surface area contributed by atoms with Crippen LogP contribution in [0.4, 0.5) is 13.2 Å². The summed E-state index contributed by atoms with van der Waals surface area (Å²) in [5.74, 6) is -1.17. The molecule has 5 heteroatoms. The molecule has 1 aliphatic rings. The smallest absolute Gasteiger partial charge is 0.329 e. The molecule has 2 rings (SSSR count). The van der Waals surface area contributed by atoms with Crippen molar-refractivity contribution in [2.45, 2.75) is 50.4 Å². The minimum Gasteiger partial charge on any atom is -0.329 e. The lowest BCUT2D eigenvalue weighted by Gasteiger charge is -2.42. The molecule has 118 valence electrons. The van der Waals surface area contributed by atoms with Gasteiger partial charge in [-0.05, 0) is 38.2 Å². The van der Waals surface area contributed by atoms with Gasteiger partial charge >= 0.3 is 6.18 Å². The van der Waals surface area contributed by atoms with Crippen molar-refractivity contribution in [3.05, 3.63) is 35.9 Å². The molecule has 2 nitrogen and oxygen atoms in total. The van der Waals surface area contributed by atoms with Crippen LogP contribution in [0, 0.1) is 5.92 Å². The van der Waals surface area contributed by atoms with E-state index in [4.69, 9.17) is 5.73 Å². The highest BCUT2D eigenvalue weighted by Gasteiger charge is 2.45. The summed E-state index contributed by atoms with van der Waals surface area (Å²) >= 11 is 0. The third-order valence-electron chi connectivity index (χ3n) is 4.62. The number of halogens is 3. The monoisotopic (exact) mass is 300 g/mol. The zero-order chi connectivity index (χ0) is 15.5. The molecule has 1 saturated carbocycles. The molecule has 0 heterocycles. The van der Waals surface area contributed by atoms with E-state index < -0.39 is 12.1 Å². The quantitative estimate of drug-likeness (QED) is 0.888. The Morgan fingerprint density at radius 3 is 2.29 bits per heavy atom. The predicted molar refractivity (Wildman–Crippen MR) is 77.8 cm³/mol. The average molecular weight is 300 g/mol. The number of nitrogens with one attached hydrogen (secondary N) is 1. The second kappa shape index (κ2) is 6.36. The Kier molecular flexibility index (Phi) is 4.94. The van der Waals surface area contributed by atoms with Crippen molar-refractivity contribution in [2.24, 2.45) is 11.7 Å². The number of benzene rings is 1. The number of hydrogen-bond donors (Lipinski definition) is 2. The van der Waals surface area contributed by atoms with Gasteiger partial charge in [0.05, 0.1) is 5.92 Å². The fraction of sp³-hybridized carbons (Fsp3) is 0.625. The SMILES string of the molecule is CC(NC1(CN)CCC(C(F)(F)F)CC1)c1ccccc1. The second-order valence-corrected chi connectivity index (χ2v) is 6.08. The molecular weight excluding hydrogens is 277 g/mol. The molecule has 0 aliphatic heterocycles. The molecule has 0 amide bonds. The standard InChI is InChI=1S/C16H23F3N2/c1-12(13-5-3-2-4-6-13)21-15(11-20)9-7-14(8-10-15)16(17,18)19/h2-6,12,14,21H,7-11,20H2,1H3. The van der Waals surface area contributed by atoms with Gasteiger partial charge in [-0.1, -0.05) is 30.3 Å². The Bertz CT molecular complexity index is 437. The van der Waals surface area contributed by atoms with Crippen LogP contribution in [-0.4, -0.2) is 18.3 Å². The van der Waals surface area contributed by atoms with E-state index in [1.165, 1.54) is 0 Å². The first-order valence-corrected chi connectivity index (χ1v) is 7.46. The molecule has 3 N–H and O–H groups in total. The average Bonchev–Trinajstić information content (AvgIpc) is 2.47. The Morgan fingerprint density at radius 1 is 1.24 bits per heavy atom. The van der Waals surface area contributed by atoms with Crippen LogP contribution in [0.1, 0.15) is 44.2 Å². The van der Waals surface area contributed by atoms with Crippen LogP contribution < -0.4 is 11.1 Å². The van der Waals surface area contributed by atoms with Crippen molar-refractivity contribution >= 4 is 0 Å². The van der Waals surface area contributed by atoms with E-state index in [1.807, 2.05) is 37.3 Å². The van der Waals surface area contributed by atoms with Crippen LogP contribution in [-0.2, 0) is 0 Å². The molecule has 1 aromatic carbocycles. The number of alkyl halides is 3. The van der Waals surface area contributed by atoms with E-state index in [1.54, 1.807) is 0 Å². The van der Waals surface area contributed by atoms with Gasteiger partial charge < -0.3 is 11.1 Å². The van der Waals surface area contributed by atoms with Gasteiger partial charge in [0, 0.05) is 18.1 Å². The first-order chi connectivity index (χ1) is 9.86. The maximum atomic E-state index is 12.8. The maximum Gasteiger partial charge on any atom is 0.391 e. The number of nitrogens with two attached hydrogens (primary N) is 1. The molecule has 1 atom stereocenters. The van der Waals surface area contributed by atoms with Crippen molar-refractivity contribution in [1.29, 1.82) is 0 Å². The molecule has 0 radical (unpaired) electrons. The van der Waals surface area contributed by atoms with Crippen molar-refractivity contribution < 1.29 is 13.2 Å². The summed E-state index contributed by atoms with van der Waals surface area (Å²) in [7, 11) is 0. The molecule has 0 bridgehead atoms. The van der Waals surface area contributed by atoms with Gasteiger partial charge in [0.2, 0.25) is 0 Å². The Hall–Kier alpha value is -1.07. The number of rotatable bonds is 4. The predicted octanol–water partition coefficient (Wildman–Crippen LogP) is 3.79. The minimum absolute atomic E-state index is 0.0807. The van der Waals surface area contributed by atoms with Crippen molar-refractivity contribution in [3.8, 4) is 0 Å². The van der Waals surface area contributed by atoms with E-state index in [9.17, 15) is 13.2 Å². The van der Waals surface area contributed by atoms with Gasteiger partial charge in [0.25, 0.3) is 0 Å². The van der Waals surface area contributed by atoms with Crippen molar-refractivity contribution in [1.82, 2.24) is 5.32 Å². The zero-order valence-corrected chi connectivity index (χ0v) is 12.3. The lowest BCUT2D eigenvalue weighted by molar-refractivity contribution is -0.185. The lowest BCUT2D eigenvalue weighted by atomic mass is 9.75. The molecule has 1 aliphatic carbocycles. The summed E-state index contributed by atoms with van der Waals surface area (Å²) in [6.45, 7) is 2.40. The first-order valence-electron chi connectivity index (χ1n) is 7.46. The van der Waals surface area contributed by atoms with Gasteiger partial charge in [-0.3, -0.25) is 0 Å². The van der Waals surface area contributed by atoms with Crippen LogP contribution in [0.25, 0.3) is 0 Å². The fourth-order valence-corrected chi connectivity index (χ4v) is 3.19. The van der Waals surface area contributed by atoms with Crippen LogP contribution in [0.2, 0.25) is 0 Å². The topological polar surface area (TPSA) is 38.0 Å². The van der Waals surface area contributed by atoms with Crippen molar-refractivity contribution in [3.63, 3.8) is 0 Å². The maximum absolute atomic E-state index is 12.8. The van der Waals surface area contributed by atoms with E-state index in [0.29, 0.717) is 19.4 Å². The summed E-state index contributed by atoms with van der Waals surface area (Å²) in [6, 6.07) is 9.99. The molecule has 1 unspecified atom stereocenters. The molecular formula is C16H23F3N2. The highest BCUT2D eigenvalue weighted by molar-refractivity contribution is 5.19. The summed E-state index contributed by atoms with van der Waals surface area (Å²) < 4.78 is 38.3. The third kappa shape index (κ3) is 3.98. The Labute approximate surface area is 123 Å². The molecule has 1 fully saturated rings. The summed E-state index contributed by atoms with van der Waals surface area (Å²) in [5, 5.41) is 3.48. The Balaban J connectivity index is 2.00. The van der Waals surface area contributed by atoms with Crippen molar-refractivity contribution in [2.75, 3.05) is 6.54 Å². The van der Waals surface area contributed by atoms with Gasteiger partial charge in [-0.25, -0.2) is 0 Å². The van der Waals surface area contributed by atoms with E-state index in [-0.39, 0.29) is 24.4 Å². The first kappa shape index (κ1) is 16.3. The minimum atomic E-state index is -4.08. The highest BCUT2D eigenvalue weighted by atomic mass is 19.4. The zero-order valence-electron chi connectivity index (χ0n) is 12.3. The van der Waals surface area contributed by atoms with Gasteiger partial charge in [-0.2, -0.15) is 13.2 Å². The van der Waals surface area contributed by atoms with Gasteiger partial charge in [0.1, 0.15) is 0 Å². The summed E-state index contributed by atoms with van der Waals surface area (Å²) in [6.07, 6.45) is -2.80. The number of hydrogen-bond acceptors (Lipinski definition) is 2. The van der Waals surface area contributed by atoms with E-state index >= 15 is 0 Å². The van der Waals surface area contributed by atoms with E-state index in [0.717, 1.165) is 5.56 Å². The van der Waals surface area contributed by atoms with Crippen LogP contribution in [0.15, 0.2) is 30.3 Å². The largest absolute Gasteiger partial charge is 0.391 e. The molecule has 1 aromatic rings. The van der Waals surface area contributed by atoms with Crippen LogP contribution in [0.3, 0.4) is 0 Å². The third-order valence-corrected chi connectivity index (χ3v) is 4.62. The van der Waals surface area contributed by atoms with Gasteiger partial charge in [0.15, 0.2) is 0 Å². The molecule has 21 heavy (non-hydrogen) atoms. The van der Waals surface area contributed by atoms with E-state index in [2.05, 4.69) is 5.32 Å².